The Bertz CT molecular complexity index is 940. The van der Waals surface area contributed by atoms with Crippen LogP contribution in [0.3, 0.4) is 0 Å². The van der Waals surface area contributed by atoms with E-state index in [4.69, 9.17) is 9.47 Å². The molecule has 0 atom stereocenters. The molecule has 1 aromatic heterocycles. The summed E-state index contributed by atoms with van der Waals surface area (Å²) in [6.07, 6.45) is 3.66. The second kappa shape index (κ2) is 10.5. The first-order valence-electron chi connectivity index (χ1n) is 10.1. The molecule has 0 saturated carbocycles. The molecule has 0 aliphatic heterocycles. The maximum absolute atomic E-state index is 12.5. The minimum atomic E-state index is -0.0859. The van der Waals surface area contributed by atoms with Gasteiger partial charge in [-0.15, -0.1) is 0 Å². The third kappa shape index (κ3) is 5.84. The van der Waals surface area contributed by atoms with Gasteiger partial charge in [0.15, 0.2) is 11.5 Å². The molecule has 0 spiro atoms. The monoisotopic (exact) mass is 408 g/mol. The van der Waals surface area contributed by atoms with Gasteiger partial charge < -0.3 is 14.8 Å². The lowest BCUT2D eigenvalue weighted by Gasteiger charge is -2.17. The molecule has 7 heteroatoms. The molecule has 0 radical (unpaired) electrons. The summed E-state index contributed by atoms with van der Waals surface area (Å²) in [6.45, 7) is 5.86. The Morgan fingerprint density at radius 1 is 1.07 bits per heavy atom. The number of amides is 1. The van der Waals surface area contributed by atoms with E-state index >= 15 is 0 Å². The first kappa shape index (κ1) is 21.4. The summed E-state index contributed by atoms with van der Waals surface area (Å²) in [5, 5.41) is 7.15. The lowest BCUT2D eigenvalue weighted by molar-refractivity contribution is -0.117. The van der Waals surface area contributed by atoms with Crippen LogP contribution in [0.1, 0.15) is 19.4 Å². The molecular formula is C23H28N4O3. The van der Waals surface area contributed by atoms with E-state index in [-0.39, 0.29) is 12.5 Å². The second-order valence-electron chi connectivity index (χ2n) is 6.87. The third-order valence-electron chi connectivity index (χ3n) is 4.40. The van der Waals surface area contributed by atoms with Gasteiger partial charge >= 0.3 is 0 Å². The van der Waals surface area contributed by atoms with Crippen molar-refractivity contribution in [2.24, 2.45) is 0 Å². The van der Waals surface area contributed by atoms with E-state index in [2.05, 4.69) is 10.4 Å². The Morgan fingerprint density at radius 2 is 1.80 bits per heavy atom. The maximum Gasteiger partial charge on any atom is 0.238 e. The smallest absolute Gasteiger partial charge is 0.238 e. The summed E-state index contributed by atoms with van der Waals surface area (Å²) in [5.74, 6) is 1.22. The lowest BCUT2D eigenvalue weighted by atomic mass is 10.2. The molecule has 3 aromatic rings. The first-order chi connectivity index (χ1) is 14.6. The van der Waals surface area contributed by atoms with Crippen molar-refractivity contribution >= 4 is 11.6 Å². The average Bonchev–Trinajstić information content (AvgIpc) is 3.25. The molecule has 1 amide bonds. The topological polar surface area (TPSA) is 68.6 Å². The molecular weight excluding hydrogens is 380 g/mol. The average molecular weight is 409 g/mol. The van der Waals surface area contributed by atoms with Crippen LogP contribution in [0.5, 0.6) is 11.5 Å². The van der Waals surface area contributed by atoms with Gasteiger partial charge in [0, 0.05) is 30.7 Å². The van der Waals surface area contributed by atoms with Gasteiger partial charge in [-0.05, 0) is 56.8 Å². The van der Waals surface area contributed by atoms with Crippen molar-refractivity contribution in [3.63, 3.8) is 0 Å². The lowest BCUT2D eigenvalue weighted by Crippen LogP contribution is -2.29. The van der Waals surface area contributed by atoms with Crippen LogP contribution in [0.15, 0.2) is 60.9 Å². The number of nitrogens with one attached hydrogen (secondary N) is 1. The fraction of sp³-hybridized carbons (Fsp3) is 0.304. The number of carbonyl (C=O) groups excluding carboxylic acids is 1. The van der Waals surface area contributed by atoms with Crippen molar-refractivity contribution in [2.45, 2.75) is 20.4 Å². The van der Waals surface area contributed by atoms with E-state index in [1.165, 1.54) is 0 Å². The van der Waals surface area contributed by atoms with Crippen molar-refractivity contribution < 1.29 is 14.3 Å². The number of benzene rings is 2. The maximum atomic E-state index is 12.5. The molecule has 3 rings (SSSR count). The van der Waals surface area contributed by atoms with Gasteiger partial charge in [-0.3, -0.25) is 9.69 Å². The van der Waals surface area contributed by atoms with Crippen LogP contribution >= 0.6 is 0 Å². The molecule has 0 bridgehead atoms. The standard InChI is InChI=1S/C23H28N4O3/c1-4-29-21-12-9-19(15-22(21)30-5-2)25-23(28)17-26(3)16-18-7-10-20(11-8-18)27-14-6-13-24-27/h6-15H,4-5,16-17H2,1-3H3,(H,25,28). The fourth-order valence-electron chi connectivity index (χ4n) is 3.12. The van der Waals surface area contributed by atoms with Gasteiger partial charge in [0.2, 0.25) is 5.91 Å². The van der Waals surface area contributed by atoms with Gasteiger partial charge in [-0.2, -0.15) is 5.10 Å². The number of likely N-dealkylation sites (N-methyl/N-ethyl adjacent to an activating group) is 1. The predicted octanol–water partition coefficient (Wildman–Crippen LogP) is 3.74. The fourth-order valence-corrected chi connectivity index (χ4v) is 3.12. The van der Waals surface area contributed by atoms with Crippen LogP contribution in [-0.4, -0.2) is 47.4 Å². The van der Waals surface area contributed by atoms with Crippen LogP contribution in [0.25, 0.3) is 5.69 Å². The number of hydrogen-bond donors (Lipinski definition) is 1. The summed E-state index contributed by atoms with van der Waals surface area (Å²) >= 11 is 0. The van der Waals surface area contributed by atoms with Crippen LogP contribution in [-0.2, 0) is 11.3 Å². The number of ether oxygens (including phenoxy) is 2. The minimum absolute atomic E-state index is 0.0859. The number of aromatic nitrogens is 2. The highest BCUT2D eigenvalue weighted by Gasteiger charge is 2.11. The van der Waals surface area contributed by atoms with E-state index in [0.717, 1.165) is 11.3 Å². The Kier molecular flexibility index (Phi) is 7.45. The van der Waals surface area contributed by atoms with E-state index in [9.17, 15) is 4.79 Å². The molecule has 0 saturated heterocycles. The van der Waals surface area contributed by atoms with Crippen LogP contribution in [0, 0.1) is 0 Å². The molecule has 0 aliphatic carbocycles. The summed E-state index contributed by atoms with van der Waals surface area (Å²) in [6, 6.07) is 15.5. The molecule has 2 aromatic carbocycles. The van der Waals surface area contributed by atoms with Gasteiger partial charge in [0.1, 0.15) is 0 Å². The second-order valence-corrected chi connectivity index (χ2v) is 6.87. The number of hydrogen-bond acceptors (Lipinski definition) is 5. The predicted molar refractivity (Wildman–Crippen MR) is 117 cm³/mol. The number of rotatable bonds is 10. The summed E-state index contributed by atoms with van der Waals surface area (Å²) in [4.78, 5) is 14.4. The van der Waals surface area contributed by atoms with Crippen LogP contribution < -0.4 is 14.8 Å². The van der Waals surface area contributed by atoms with E-state index in [0.29, 0.717) is 36.9 Å². The zero-order valence-electron chi connectivity index (χ0n) is 17.7. The molecule has 7 nitrogen and oxygen atoms in total. The summed E-state index contributed by atoms with van der Waals surface area (Å²) in [5.41, 5.74) is 2.81. The Labute approximate surface area is 177 Å². The first-order valence-corrected chi connectivity index (χ1v) is 10.1. The van der Waals surface area contributed by atoms with Crippen LogP contribution in [0.2, 0.25) is 0 Å². The molecule has 1 heterocycles. The quantitative estimate of drug-likeness (QED) is 0.553. The molecule has 0 aliphatic rings. The van der Waals surface area contributed by atoms with Crippen molar-refractivity contribution in [3.8, 4) is 17.2 Å². The van der Waals surface area contributed by atoms with Gasteiger partial charge in [-0.1, -0.05) is 12.1 Å². The molecule has 0 unspecified atom stereocenters. The highest BCUT2D eigenvalue weighted by atomic mass is 16.5. The number of nitrogens with zero attached hydrogens (tertiary/aromatic N) is 3. The Balaban J connectivity index is 1.54. The zero-order valence-corrected chi connectivity index (χ0v) is 17.7. The Morgan fingerprint density at radius 3 is 2.47 bits per heavy atom. The van der Waals surface area contributed by atoms with Gasteiger partial charge in [0.05, 0.1) is 25.4 Å². The van der Waals surface area contributed by atoms with Gasteiger partial charge in [0.25, 0.3) is 0 Å². The minimum Gasteiger partial charge on any atom is -0.490 e. The highest BCUT2D eigenvalue weighted by molar-refractivity contribution is 5.92. The normalized spacial score (nSPS) is 10.8. The number of carbonyl (C=O) groups is 1. The highest BCUT2D eigenvalue weighted by Crippen LogP contribution is 2.30. The SMILES string of the molecule is CCOc1ccc(NC(=O)CN(C)Cc2ccc(-n3cccn3)cc2)cc1OCC. The summed E-state index contributed by atoms with van der Waals surface area (Å²) < 4.78 is 13.0. The summed E-state index contributed by atoms with van der Waals surface area (Å²) in [7, 11) is 1.92. The molecule has 30 heavy (non-hydrogen) atoms. The molecule has 1 N–H and O–H groups in total. The van der Waals surface area contributed by atoms with E-state index < -0.39 is 0 Å². The van der Waals surface area contributed by atoms with E-state index in [1.807, 2.05) is 79.1 Å². The van der Waals surface area contributed by atoms with Crippen molar-refractivity contribution in [1.29, 1.82) is 0 Å². The molecule has 0 fully saturated rings. The largest absolute Gasteiger partial charge is 0.490 e. The van der Waals surface area contributed by atoms with Crippen molar-refractivity contribution in [2.75, 3.05) is 32.1 Å². The molecule has 158 valence electrons. The third-order valence-corrected chi connectivity index (χ3v) is 4.40. The van der Waals surface area contributed by atoms with Gasteiger partial charge in [-0.25, -0.2) is 4.68 Å². The number of anilines is 1. The van der Waals surface area contributed by atoms with Crippen molar-refractivity contribution in [1.82, 2.24) is 14.7 Å². The van der Waals surface area contributed by atoms with E-state index in [1.54, 1.807) is 12.3 Å². The zero-order chi connectivity index (χ0) is 21.3. The van der Waals surface area contributed by atoms with Crippen molar-refractivity contribution in [3.05, 3.63) is 66.5 Å². The Hall–Kier alpha value is -3.32. The van der Waals surface area contributed by atoms with Crippen LogP contribution in [0.4, 0.5) is 5.69 Å².